The first kappa shape index (κ1) is 21.8. The molecule has 0 saturated heterocycles. The number of rotatable bonds is 7. The monoisotopic (exact) mass is 562 g/mol. The first-order chi connectivity index (χ1) is 11.8. The summed E-state index contributed by atoms with van der Waals surface area (Å²) in [6.45, 7) is 9.41. The van der Waals surface area contributed by atoms with Crippen LogP contribution in [0.25, 0.3) is 0 Å². The van der Waals surface area contributed by atoms with Crippen molar-refractivity contribution in [2.24, 2.45) is 5.41 Å². The van der Waals surface area contributed by atoms with E-state index >= 15 is 0 Å². The van der Waals surface area contributed by atoms with Crippen molar-refractivity contribution < 1.29 is 0 Å². The minimum absolute atomic E-state index is 0. The molecule has 0 saturated carbocycles. The molecule has 2 aromatic carbocycles. The maximum Gasteiger partial charge on any atom is 0.0761 e. The van der Waals surface area contributed by atoms with E-state index in [2.05, 4.69) is 69.7 Å². The van der Waals surface area contributed by atoms with E-state index in [0.717, 1.165) is 24.8 Å². The average Bonchev–Trinajstić information content (AvgIpc) is 2.68. The Morgan fingerprint density at radius 1 is 0.960 bits per heavy atom. The maximum atomic E-state index is 9.81. The molecule has 1 nitrogen and oxygen atoms in total. The molecule has 2 heteroatoms. The largest absolute Gasteiger partial charge is 0.346 e. The number of hydrogen-bond donors (Lipinski definition) is 0. The standard InChI is InChI=1S/C21H24N.C2H5.Cm/c1-3-21(4-2,16-15-18-11-7-5-8-12-18)20(17-22)19-13-9-6-10-14-19;1-2;/h5-15,20H,3-4,16H2,1-2H3;1H2,2H3;/q2*-1;. The molecule has 0 aliphatic rings. The van der Waals surface area contributed by atoms with Gasteiger partial charge in [0.15, 0.2) is 0 Å². The molecular weight excluding hydrogens is 537 g/mol. The molecule has 0 bridgehead atoms. The van der Waals surface area contributed by atoms with Crippen molar-refractivity contribution in [1.29, 1.82) is 5.26 Å². The molecule has 2 aromatic rings. The molecule has 1 unspecified atom stereocenters. The third-order valence-electron chi connectivity index (χ3n) is 4.83. The van der Waals surface area contributed by atoms with Crippen molar-refractivity contribution in [2.75, 3.05) is 0 Å². The van der Waals surface area contributed by atoms with Crippen LogP contribution in [0.3, 0.4) is 0 Å². The number of nitrogens with zero attached hydrogens (tertiary/aromatic N) is 1. The van der Waals surface area contributed by atoms with Crippen LogP contribution < -0.4 is 0 Å². The predicted molar refractivity (Wildman–Crippen MR) is 103 cm³/mol. The van der Waals surface area contributed by atoms with Gasteiger partial charge in [-0.15, -0.1) is 12.1 Å². The second-order valence-corrected chi connectivity index (χ2v) is 5.86. The maximum absolute atomic E-state index is 9.81. The van der Waals surface area contributed by atoms with Gasteiger partial charge in [-0.1, -0.05) is 56.7 Å². The fourth-order valence-electron chi connectivity index (χ4n) is 3.19. The molecular formula is C23H29CmN-2. The fraction of sp³-hybridized carbons (Fsp3) is 0.348. The summed E-state index contributed by atoms with van der Waals surface area (Å²) in [7, 11) is 0. The summed E-state index contributed by atoms with van der Waals surface area (Å²) in [4.78, 5) is 0. The van der Waals surface area contributed by atoms with Gasteiger partial charge >= 0.3 is 0 Å². The number of benzene rings is 2. The molecule has 25 heavy (non-hydrogen) atoms. The first-order valence-electron chi connectivity index (χ1n) is 8.79. The Kier molecular flexibility index (Phi) is 9.90. The van der Waals surface area contributed by atoms with Crippen LogP contribution in [0.15, 0.2) is 60.7 Å². The summed E-state index contributed by atoms with van der Waals surface area (Å²) in [5, 5.41) is 9.81. The Hall–Kier alpha value is -3.20. The quantitative estimate of drug-likeness (QED) is 0.348. The molecule has 0 aliphatic heterocycles. The summed E-state index contributed by atoms with van der Waals surface area (Å²) in [5.74, 6) is -0.0661. The molecule has 0 N–H and O–H groups in total. The summed E-state index contributed by atoms with van der Waals surface area (Å²) in [6.07, 6.45) is 5.21. The number of hydrogen-bond acceptors (Lipinski definition) is 1. The van der Waals surface area contributed by atoms with Crippen LogP contribution >= 0.6 is 0 Å². The van der Waals surface area contributed by atoms with Gasteiger partial charge in [0.05, 0.1) is 12.0 Å². The van der Waals surface area contributed by atoms with E-state index in [1.165, 1.54) is 5.56 Å². The van der Waals surface area contributed by atoms with Gasteiger partial charge in [0, 0.05) is 0 Å². The molecule has 136 valence electrons. The molecule has 0 aliphatic carbocycles. The smallest absolute Gasteiger partial charge is 0.0761 e. The summed E-state index contributed by atoms with van der Waals surface area (Å²) >= 11 is 0. The predicted octanol–water partition coefficient (Wildman–Crippen LogP) is 6.58. The van der Waals surface area contributed by atoms with Crippen LogP contribution in [0.4, 0.5) is 0 Å². The first-order valence-corrected chi connectivity index (χ1v) is 8.79. The van der Waals surface area contributed by atoms with Crippen LogP contribution in [0.1, 0.15) is 57.1 Å². The Morgan fingerprint density at radius 3 is 1.88 bits per heavy atom. The third-order valence-corrected chi connectivity index (χ3v) is 4.83. The molecule has 0 amide bonds. The molecule has 0 heterocycles. The molecule has 0 radical (unpaired) electrons. The Bertz CT molecular complexity index is 597. The van der Waals surface area contributed by atoms with Crippen molar-refractivity contribution in [2.45, 2.75) is 46.0 Å². The van der Waals surface area contributed by atoms with Gasteiger partial charge in [-0.2, -0.15) is 36.3 Å². The van der Waals surface area contributed by atoms with Crippen molar-refractivity contribution in [3.8, 4) is 6.07 Å². The zero-order valence-electron chi connectivity index (χ0n) is 15.6. The van der Waals surface area contributed by atoms with E-state index in [0.29, 0.717) is 0 Å². The molecule has 0 fully saturated rings. The topological polar surface area (TPSA) is 23.8 Å². The van der Waals surface area contributed by atoms with Crippen molar-refractivity contribution >= 4 is 0 Å². The molecule has 2 rings (SSSR count). The Labute approximate surface area is 148 Å². The van der Waals surface area contributed by atoms with E-state index in [1.807, 2.05) is 24.3 Å². The van der Waals surface area contributed by atoms with Gasteiger partial charge < -0.3 is 6.92 Å². The van der Waals surface area contributed by atoms with Gasteiger partial charge in [0.2, 0.25) is 0 Å². The fourth-order valence-corrected chi connectivity index (χ4v) is 3.19. The second-order valence-electron chi connectivity index (χ2n) is 5.86. The van der Waals surface area contributed by atoms with E-state index in [4.69, 9.17) is 0 Å². The van der Waals surface area contributed by atoms with Crippen LogP contribution in [0.2, 0.25) is 0 Å². The minimum Gasteiger partial charge on any atom is -0.346 e. The van der Waals surface area contributed by atoms with Gasteiger partial charge in [-0.05, 0) is 23.8 Å². The van der Waals surface area contributed by atoms with Gasteiger partial charge in [-0.25, -0.2) is 0 Å². The molecule has 0 spiro atoms. The Balaban J connectivity index is 0.00000185. The van der Waals surface area contributed by atoms with Gasteiger partial charge in [0.25, 0.3) is 0 Å². The minimum atomic E-state index is -0.0661. The van der Waals surface area contributed by atoms with Gasteiger partial charge in [0.1, 0.15) is 0 Å². The second kappa shape index (κ2) is 11.4. The van der Waals surface area contributed by atoms with Crippen LogP contribution in [-0.4, -0.2) is 0 Å². The van der Waals surface area contributed by atoms with E-state index in [-0.39, 0.29) is 11.3 Å². The SMILES string of the molecule is CCC(CC)(C[CH-]c1ccccc1)C(C#N)c1ccccc1.[CH2-]C.[Cm]. The summed E-state index contributed by atoms with van der Waals surface area (Å²) < 4.78 is 0. The van der Waals surface area contributed by atoms with Crippen molar-refractivity contribution in [1.82, 2.24) is 0 Å². The molecule has 0 aromatic heterocycles. The van der Waals surface area contributed by atoms with E-state index in [9.17, 15) is 5.26 Å². The summed E-state index contributed by atoms with van der Waals surface area (Å²) in [6, 6.07) is 23.2. The zero-order valence-corrected chi connectivity index (χ0v) is 18.5. The third kappa shape index (κ3) is 5.43. The van der Waals surface area contributed by atoms with Crippen LogP contribution in [0, 0.1) is 30.1 Å². The van der Waals surface area contributed by atoms with Crippen LogP contribution in [0.5, 0.6) is 0 Å². The molecule has 1 atom stereocenters. The van der Waals surface area contributed by atoms with E-state index < -0.39 is 0 Å². The van der Waals surface area contributed by atoms with Crippen LogP contribution in [-0.2, 0) is 0 Å². The van der Waals surface area contributed by atoms with Crippen molar-refractivity contribution in [3.63, 3.8) is 0 Å². The normalized spacial score (nSPS) is 11.2. The number of nitriles is 1. The average molecular weight is 566 g/mol. The Morgan fingerprint density at radius 2 is 1.44 bits per heavy atom. The van der Waals surface area contributed by atoms with Gasteiger partial charge in [-0.3, -0.25) is 0 Å². The van der Waals surface area contributed by atoms with Crippen molar-refractivity contribution in [3.05, 3.63) is 85.1 Å². The van der Waals surface area contributed by atoms with E-state index in [1.54, 1.807) is 6.92 Å². The summed E-state index contributed by atoms with van der Waals surface area (Å²) in [5.41, 5.74) is 2.36. The zero-order chi connectivity index (χ0) is 17.8.